The summed E-state index contributed by atoms with van der Waals surface area (Å²) in [6.07, 6.45) is 33.2. The van der Waals surface area contributed by atoms with Crippen LogP contribution in [0.15, 0.2) is 109 Å². The molecular formula is C105H156N9O18Yb. The Balaban J connectivity index is 0.00000159. The van der Waals surface area contributed by atoms with E-state index in [-0.39, 0.29) is 83.4 Å². The Hall–Kier alpha value is -8.83. The van der Waals surface area contributed by atoms with Crippen molar-refractivity contribution in [1.29, 1.82) is 0 Å². The van der Waals surface area contributed by atoms with Crippen LogP contribution in [-0.4, -0.2) is 237 Å². The molecular weight excluding hydrogens is 1850 g/mol. The Labute approximate surface area is 833 Å². The second-order valence-electron chi connectivity index (χ2n) is 32.8. The van der Waals surface area contributed by atoms with E-state index in [0.29, 0.717) is 76.0 Å². The van der Waals surface area contributed by atoms with E-state index in [0.717, 1.165) is 53.5 Å². The smallest absolute Gasteiger partial charge is 0.543 e. The maximum absolute atomic E-state index is 10.9. The maximum Gasteiger partial charge on any atom is 3.00 e. The molecule has 1 radical (unpaired) electrons. The van der Waals surface area contributed by atoms with Gasteiger partial charge >= 0.3 is 46.9 Å². The minimum atomic E-state index is -1.60. The molecule has 3 aromatic heterocycles. The van der Waals surface area contributed by atoms with Gasteiger partial charge < -0.3 is 118 Å². The quantitative estimate of drug-likeness (QED) is 0.0117. The molecule has 0 spiro atoms. The molecule has 28 heteroatoms. The molecule has 3 heterocycles. The zero-order valence-corrected chi connectivity index (χ0v) is 83.5. The average molecular weight is 2010 g/mol. The number of pyridine rings is 3. The van der Waals surface area contributed by atoms with Gasteiger partial charge in [-0.25, -0.2) is 15.0 Å². The first-order chi connectivity index (χ1) is 63.7. The molecule has 0 saturated heterocycles. The Kier molecular flexibility index (Phi) is 73.2. The number of nitrogens with zero attached hydrogens (tertiary/aromatic N) is 6. The third-order valence-electron chi connectivity index (χ3n) is 21.7. The van der Waals surface area contributed by atoms with Crippen LogP contribution in [0.25, 0.3) is 0 Å². The number of aromatic nitrogens is 3. The van der Waals surface area contributed by atoms with Gasteiger partial charge in [0.15, 0.2) is 0 Å². The van der Waals surface area contributed by atoms with Gasteiger partial charge in [0.1, 0.15) is 0 Å². The van der Waals surface area contributed by atoms with Crippen molar-refractivity contribution in [3.8, 4) is 35.5 Å². The summed E-state index contributed by atoms with van der Waals surface area (Å²) in [7, 11) is 0. The van der Waals surface area contributed by atoms with E-state index in [2.05, 4.69) is 150 Å². The second-order valence-corrected chi connectivity index (χ2v) is 32.8. The summed E-state index contributed by atoms with van der Waals surface area (Å²) in [6.45, 7) is 49.0. The summed E-state index contributed by atoms with van der Waals surface area (Å²) in [5, 5.41) is 101. The number of hydrogen-bond donors (Lipinski definition) is 6. The first-order valence-electron chi connectivity index (χ1n) is 48.2. The molecule has 0 aliphatic carbocycles. The minimum absolute atomic E-state index is 0. The first kappa shape index (κ1) is 124. The predicted molar refractivity (Wildman–Crippen MR) is 513 cm³/mol. The van der Waals surface area contributed by atoms with Gasteiger partial charge in [0.25, 0.3) is 0 Å². The van der Waals surface area contributed by atoms with Crippen LogP contribution < -0.4 is 46.6 Å². The summed E-state index contributed by atoms with van der Waals surface area (Å²) in [4.78, 5) is 75.8. The van der Waals surface area contributed by atoms with Crippen molar-refractivity contribution >= 4 is 52.9 Å². The monoisotopic (exact) mass is 2010 g/mol. The normalized spacial score (nSPS) is 10.7. The molecule has 6 rings (SSSR count). The Morgan fingerprint density at radius 2 is 0.414 bits per heavy atom. The van der Waals surface area contributed by atoms with Crippen molar-refractivity contribution in [2.75, 3.05) is 174 Å². The van der Waals surface area contributed by atoms with Crippen molar-refractivity contribution in [2.45, 2.75) is 237 Å². The van der Waals surface area contributed by atoms with Gasteiger partial charge in [-0.2, -0.15) is 0 Å². The van der Waals surface area contributed by atoms with E-state index in [1.807, 2.05) is 36.4 Å². The molecule has 6 N–H and O–H groups in total. The fraction of sp³-hybridized carbons (Fsp3) is 0.571. The number of aromatic carboxylic acids is 6. The number of rotatable bonds is 60. The van der Waals surface area contributed by atoms with E-state index >= 15 is 0 Å². The van der Waals surface area contributed by atoms with Gasteiger partial charge in [-0.3, -0.25) is 0 Å². The molecule has 0 unspecified atom stereocenters. The molecule has 0 fully saturated rings. The molecule has 0 saturated carbocycles. The number of benzene rings is 3. The fourth-order valence-electron chi connectivity index (χ4n) is 14.1. The Morgan fingerprint density at radius 3 is 0.549 bits per heavy atom. The number of nitrogens with one attached hydrogen (secondary N) is 3. The molecule has 133 heavy (non-hydrogen) atoms. The van der Waals surface area contributed by atoms with Crippen molar-refractivity contribution in [2.24, 2.45) is 0 Å². The van der Waals surface area contributed by atoms with Crippen LogP contribution in [-0.2, 0) is 14.2 Å². The van der Waals surface area contributed by atoms with Gasteiger partial charge in [-0.1, -0.05) is 196 Å². The maximum atomic E-state index is 10.9. The van der Waals surface area contributed by atoms with E-state index in [4.69, 9.17) is 29.5 Å². The largest absolute Gasteiger partial charge is 3.00 e. The number of aliphatic hydroxyl groups excluding tert-OH is 3. The number of quaternary nitrogens is 3. The standard InChI is InChI=1S/3C19H18N2O6.3C16H36N.Yb/c3*22-8-10-27-9-7-20-15-5-3-13(4-6-15)1-2-14-11-16(18(23)24)21-17(12-14)19(25)26;3*1-5-9-13-17(14-10-6-2,15-11-7-3)16-12-8-4;/h3*3-6,11-12,20,22H,7-10H2,(H,23,24)(H,25,26);3*5-16H2,1-4H3;/q;;;3*+1;+3/p-6. The van der Waals surface area contributed by atoms with E-state index < -0.39 is 70.0 Å². The third-order valence-corrected chi connectivity index (χ3v) is 21.7. The summed E-state index contributed by atoms with van der Waals surface area (Å²) in [5.41, 5.74) is 1.90. The topological polar surface area (TPSA) is 404 Å². The van der Waals surface area contributed by atoms with Crippen molar-refractivity contribution in [1.82, 2.24) is 15.0 Å². The third kappa shape index (κ3) is 57.6. The number of unbranched alkanes of at least 4 members (excludes halogenated alkanes) is 12. The van der Waals surface area contributed by atoms with Crippen molar-refractivity contribution in [3.63, 3.8) is 0 Å². The van der Waals surface area contributed by atoms with Crippen LogP contribution in [0.4, 0.5) is 17.1 Å². The van der Waals surface area contributed by atoms with Crippen molar-refractivity contribution < 1.29 is 149 Å². The van der Waals surface area contributed by atoms with E-state index in [9.17, 15) is 59.4 Å². The number of carbonyl (C=O) groups is 6. The molecule has 0 aliphatic rings. The van der Waals surface area contributed by atoms with E-state index in [1.165, 1.54) is 246 Å². The van der Waals surface area contributed by atoms with Gasteiger partial charge in [0.2, 0.25) is 0 Å². The number of carboxylic acid groups (broad SMARTS) is 6. The molecule has 0 aliphatic heterocycles. The van der Waals surface area contributed by atoms with Gasteiger partial charge in [-0.15, -0.1) is 0 Å². The second kappa shape index (κ2) is 78.4. The van der Waals surface area contributed by atoms with Gasteiger partial charge in [0.05, 0.1) is 208 Å². The van der Waals surface area contributed by atoms with E-state index in [1.54, 1.807) is 36.4 Å². The Morgan fingerprint density at radius 1 is 0.263 bits per heavy atom. The summed E-state index contributed by atoms with van der Waals surface area (Å²) < 4.78 is 19.7. The number of ether oxygens (including phenoxy) is 3. The van der Waals surface area contributed by atoms with Crippen LogP contribution in [0.2, 0.25) is 0 Å². The van der Waals surface area contributed by atoms with Gasteiger partial charge in [0, 0.05) is 70.1 Å². The number of aliphatic hydroxyl groups is 3. The van der Waals surface area contributed by atoms with Crippen LogP contribution in [0.5, 0.6) is 0 Å². The van der Waals surface area contributed by atoms with Crippen LogP contribution in [0.3, 0.4) is 0 Å². The molecule has 0 bridgehead atoms. The van der Waals surface area contributed by atoms with Crippen molar-refractivity contribution in [3.05, 3.63) is 177 Å². The zero-order valence-electron chi connectivity index (χ0n) is 81.7. The number of hydrogen-bond acceptors (Lipinski definition) is 24. The average Bonchev–Trinajstić information content (AvgIpc) is 0.856. The molecule has 0 amide bonds. The van der Waals surface area contributed by atoms with Crippen LogP contribution >= 0.6 is 0 Å². The fourth-order valence-corrected chi connectivity index (χ4v) is 14.1. The first-order valence-corrected chi connectivity index (χ1v) is 48.2. The molecule has 0 atom stereocenters. The zero-order chi connectivity index (χ0) is 97.9. The predicted octanol–water partition coefficient (Wildman–Crippen LogP) is 10.9. The number of carboxylic acids is 6. The molecule has 3 aromatic carbocycles. The summed E-state index contributed by atoms with van der Waals surface area (Å²) in [6, 6.07) is 28.2. The molecule has 743 valence electrons. The van der Waals surface area contributed by atoms with Gasteiger partial charge in [-0.05, 0) is 186 Å². The SMILES string of the molecule is CCCC[N+](CCCC)(CCCC)CCCC.CCCC[N+](CCCC)(CCCC)CCCC.CCCC[N+](CCCC)(CCCC)CCCC.O=C([O-])c1cc(C#Cc2ccc(NCCOCCO)cc2)cc(C(=O)[O-])n1.O=C([O-])c1cc(C#Cc2ccc(NCCOCCO)cc2)cc(C(=O)[O-])n1.O=C([O-])c1cc(C#Cc2ccc(NCCOCCO)cc2)cc(C(=O)[O-])n1.[Yb+3]. The minimum Gasteiger partial charge on any atom is -0.543 e. The summed E-state index contributed by atoms with van der Waals surface area (Å²) >= 11 is 0. The number of anilines is 3. The Bertz CT molecular complexity index is 3710. The van der Waals surface area contributed by atoms with Crippen LogP contribution in [0.1, 0.15) is 333 Å². The summed E-state index contributed by atoms with van der Waals surface area (Å²) in [5.74, 6) is 6.98. The number of carbonyl (C=O) groups excluding carboxylic acids is 6. The molecule has 6 aromatic rings. The molecule has 27 nitrogen and oxygen atoms in total. The van der Waals surface area contributed by atoms with Crippen LogP contribution in [0, 0.1) is 82.4 Å².